The van der Waals surface area contributed by atoms with E-state index in [-0.39, 0.29) is 24.1 Å². The van der Waals surface area contributed by atoms with E-state index in [2.05, 4.69) is 20.8 Å². The normalized spacial score (nSPS) is 13.3. The third-order valence-corrected chi connectivity index (χ3v) is 5.64. The highest BCUT2D eigenvalue weighted by molar-refractivity contribution is 6.07. The Morgan fingerprint density at radius 3 is 2.61 bits per heavy atom. The van der Waals surface area contributed by atoms with Gasteiger partial charge in [0.15, 0.2) is 5.94 Å². The Kier molecular flexibility index (Phi) is 6.11. The maximum absolute atomic E-state index is 12.6. The van der Waals surface area contributed by atoms with Crippen LogP contribution in [-0.4, -0.2) is 36.5 Å². The van der Waals surface area contributed by atoms with Crippen molar-refractivity contribution in [1.82, 2.24) is 15.8 Å². The molecule has 2 aromatic carbocycles. The number of aliphatic imine (C=N–C) groups is 1. The zero-order valence-corrected chi connectivity index (χ0v) is 18.9. The molecule has 168 valence electrons. The van der Waals surface area contributed by atoms with Crippen molar-refractivity contribution in [2.75, 3.05) is 13.7 Å². The van der Waals surface area contributed by atoms with Gasteiger partial charge in [-0.25, -0.2) is 9.79 Å². The van der Waals surface area contributed by atoms with Gasteiger partial charge in [0.05, 0.1) is 36.5 Å². The van der Waals surface area contributed by atoms with Crippen molar-refractivity contribution in [1.29, 1.82) is 0 Å². The third kappa shape index (κ3) is 4.29. The maximum atomic E-state index is 12.6. The van der Waals surface area contributed by atoms with Crippen LogP contribution in [0, 0.1) is 13.8 Å². The SMILES string of the molecule is COc1cc2c(cc1-c1c(C)noc1C)C(=C=O)NC(CNC(=O)C(C)c1ccccc1)=N2. The highest BCUT2D eigenvalue weighted by Crippen LogP contribution is 2.41. The molecule has 0 aliphatic carbocycles. The van der Waals surface area contributed by atoms with Crippen LogP contribution in [0.5, 0.6) is 5.75 Å². The van der Waals surface area contributed by atoms with E-state index in [9.17, 15) is 9.59 Å². The number of fused-ring (bicyclic) bond motifs is 1. The van der Waals surface area contributed by atoms with Crippen molar-refractivity contribution < 1.29 is 18.8 Å². The molecule has 8 nitrogen and oxygen atoms in total. The Bertz CT molecular complexity index is 1270. The molecule has 2 N–H and O–H groups in total. The van der Waals surface area contributed by atoms with Gasteiger partial charge in [0, 0.05) is 17.2 Å². The van der Waals surface area contributed by atoms with E-state index in [0.29, 0.717) is 34.3 Å². The van der Waals surface area contributed by atoms with Crippen LogP contribution in [0.3, 0.4) is 0 Å². The second-order valence-electron chi connectivity index (χ2n) is 7.78. The summed E-state index contributed by atoms with van der Waals surface area (Å²) in [6.45, 7) is 5.63. The lowest BCUT2D eigenvalue weighted by Crippen LogP contribution is -2.39. The molecule has 8 heteroatoms. The minimum Gasteiger partial charge on any atom is -0.496 e. The fourth-order valence-electron chi connectivity index (χ4n) is 3.86. The average Bonchev–Trinajstić information content (AvgIpc) is 3.18. The van der Waals surface area contributed by atoms with Gasteiger partial charge in [-0.3, -0.25) is 4.79 Å². The molecular weight excluding hydrogens is 420 g/mol. The summed E-state index contributed by atoms with van der Waals surface area (Å²) in [7, 11) is 1.57. The molecule has 1 amide bonds. The summed E-state index contributed by atoms with van der Waals surface area (Å²) in [6, 6.07) is 13.1. The summed E-state index contributed by atoms with van der Waals surface area (Å²) in [6.07, 6.45) is 0. The number of hydrogen-bond acceptors (Lipinski definition) is 7. The summed E-state index contributed by atoms with van der Waals surface area (Å²) >= 11 is 0. The molecule has 2 heterocycles. The fraction of sp³-hybridized carbons (Fsp3) is 0.240. The van der Waals surface area contributed by atoms with Crippen molar-refractivity contribution in [3.05, 3.63) is 65.0 Å². The van der Waals surface area contributed by atoms with Crippen LogP contribution in [0.2, 0.25) is 0 Å². The lowest BCUT2D eigenvalue weighted by molar-refractivity contribution is -0.121. The number of methoxy groups -OCH3 is 1. The minimum absolute atomic E-state index is 0.133. The molecule has 1 atom stereocenters. The van der Waals surface area contributed by atoms with E-state index in [1.807, 2.05) is 63.1 Å². The molecule has 3 aromatic rings. The monoisotopic (exact) mass is 444 g/mol. The zero-order valence-electron chi connectivity index (χ0n) is 18.9. The third-order valence-electron chi connectivity index (χ3n) is 5.64. The Balaban J connectivity index is 1.62. The molecule has 1 aliphatic rings. The lowest BCUT2D eigenvalue weighted by Gasteiger charge is -2.21. The quantitative estimate of drug-likeness (QED) is 0.562. The number of ether oxygens (including phenoxy) is 1. The Hall–Kier alpha value is -4.16. The largest absolute Gasteiger partial charge is 0.496 e. The van der Waals surface area contributed by atoms with E-state index in [0.717, 1.165) is 16.7 Å². The highest BCUT2D eigenvalue weighted by atomic mass is 16.5. The van der Waals surface area contributed by atoms with Crippen LogP contribution in [0.4, 0.5) is 5.69 Å². The number of aromatic nitrogens is 1. The summed E-state index contributed by atoms with van der Waals surface area (Å²) < 4.78 is 10.9. The van der Waals surface area contributed by atoms with Crippen molar-refractivity contribution in [2.45, 2.75) is 26.7 Å². The lowest BCUT2D eigenvalue weighted by atomic mass is 9.97. The molecular formula is C25H24N4O4. The summed E-state index contributed by atoms with van der Waals surface area (Å²) in [4.78, 5) is 29.0. The molecule has 4 rings (SSSR count). The number of benzene rings is 2. The topological polar surface area (TPSA) is 106 Å². The predicted molar refractivity (Wildman–Crippen MR) is 125 cm³/mol. The molecule has 33 heavy (non-hydrogen) atoms. The van der Waals surface area contributed by atoms with Gasteiger partial charge >= 0.3 is 0 Å². The number of nitrogens with zero attached hydrogens (tertiary/aromatic N) is 2. The number of amides is 1. The molecule has 0 bridgehead atoms. The number of carbonyl (C=O) groups is 1. The smallest absolute Gasteiger partial charge is 0.227 e. The van der Waals surface area contributed by atoms with Gasteiger partial charge in [-0.05, 0) is 32.4 Å². The number of rotatable bonds is 6. The second kappa shape index (κ2) is 9.14. The number of nitrogens with one attached hydrogen (secondary N) is 2. The molecule has 0 saturated heterocycles. The molecule has 1 unspecified atom stereocenters. The first-order chi connectivity index (χ1) is 15.9. The minimum atomic E-state index is -0.318. The first kappa shape index (κ1) is 22.0. The van der Waals surface area contributed by atoms with Gasteiger partial charge in [-0.15, -0.1) is 0 Å². The Morgan fingerprint density at radius 2 is 1.97 bits per heavy atom. The zero-order chi connectivity index (χ0) is 23.5. The van der Waals surface area contributed by atoms with Crippen molar-refractivity contribution in [3.8, 4) is 16.9 Å². The van der Waals surface area contributed by atoms with Gasteiger partial charge < -0.3 is 19.9 Å². The number of hydrogen-bond donors (Lipinski definition) is 2. The van der Waals surface area contributed by atoms with Gasteiger partial charge in [-0.2, -0.15) is 0 Å². The van der Waals surface area contributed by atoms with Gasteiger partial charge in [0.1, 0.15) is 23.0 Å². The number of carbonyl (C=O) groups excluding carboxylic acids is 2. The molecule has 0 fully saturated rings. The van der Waals surface area contributed by atoms with Crippen molar-refractivity contribution in [3.63, 3.8) is 0 Å². The van der Waals surface area contributed by atoms with Gasteiger partial charge in [0.2, 0.25) is 5.91 Å². The highest BCUT2D eigenvalue weighted by Gasteiger charge is 2.24. The maximum Gasteiger partial charge on any atom is 0.227 e. The van der Waals surface area contributed by atoms with Gasteiger partial charge in [-0.1, -0.05) is 35.5 Å². The number of amidine groups is 1. The molecule has 0 saturated carbocycles. The van der Waals surface area contributed by atoms with Gasteiger partial charge in [0.25, 0.3) is 0 Å². The molecule has 0 radical (unpaired) electrons. The van der Waals surface area contributed by atoms with Crippen LogP contribution < -0.4 is 15.4 Å². The van der Waals surface area contributed by atoms with E-state index >= 15 is 0 Å². The Morgan fingerprint density at radius 1 is 1.21 bits per heavy atom. The standard InChI is InChI=1S/C25H24N4O4/c1-14(17-8-6-5-7-9-17)25(31)26-12-23-27-20-11-22(32-4)19(10-18(20)21(13-30)28-23)24-15(2)29-33-16(24)3/h5-11,14H,12H2,1-4H3,(H,26,31)(H,27,28). The average molecular weight is 444 g/mol. The van der Waals surface area contributed by atoms with Crippen molar-refractivity contribution in [2.24, 2.45) is 4.99 Å². The predicted octanol–water partition coefficient (Wildman–Crippen LogP) is 3.69. The van der Waals surface area contributed by atoms with Crippen LogP contribution in [0.25, 0.3) is 16.8 Å². The summed E-state index contributed by atoms with van der Waals surface area (Å²) in [5.74, 6) is 3.14. The Labute approximate surface area is 191 Å². The van der Waals surface area contributed by atoms with Crippen LogP contribution in [-0.2, 0) is 9.59 Å². The van der Waals surface area contributed by atoms with Crippen LogP contribution in [0.15, 0.2) is 52.0 Å². The van der Waals surface area contributed by atoms with E-state index in [4.69, 9.17) is 9.26 Å². The van der Waals surface area contributed by atoms with Crippen LogP contribution >= 0.6 is 0 Å². The summed E-state index contributed by atoms with van der Waals surface area (Å²) in [5.41, 5.74) is 4.53. The molecule has 0 spiro atoms. The first-order valence-corrected chi connectivity index (χ1v) is 10.5. The summed E-state index contributed by atoms with van der Waals surface area (Å²) in [5, 5.41) is 9.87. The van der Waals surface area contributed by atoms with E-state index in [1.54, 1.807) is 13.2 Å². The molecule has 1 aliphatic heterocycles. The fourth-order valence-corrected chi connectivity index (χ4v) is 3.86. The molecule has 1 aromatic heterocycles. The first-order valence-electron chi connectivity index (χ1n) is 10.5. The van der Waals surface area contributed by atoms with Crippen LogP contribution in [0.1, 0.15) is 35.4 Å². The van der Waals surface area contributed by atoms with E-state index in [1.165, 1.54) is 0 Å². The second-order valence-corrected chi connectivity index (χ2v) is 7.78. The van der Waals surface area contributed by atoms with Crippen molar-refractivity contribution >= 4 is 29.1 Å². The van der Waals surface area contributed by atoms with E-state index < -0.39 is 0 Å². The number of aryl methyl sites for hydroxylation is 2.